The summed E-state index contributed by atoms with van der Waals surface area (Å²) in [5.74, 6) is 2.11. The second-order valence-corrected chi connectivity index (χ2v) is 7.24. The van der Waals surface area contributed by atoms with E-state index >= 15 is 0 Å². The molecule has 0 fully saturated rings. The van der Waals surface area contributed by atoms with Gasteiger partial charge in [0.2, 0.25) is 0 Å². The number of thioether (sulfide) groups is 2. The number of rotatable bonds is 9. The van der Waals surface area contributed by atoms with Crippen molar-refractivity contribution in [2.24, 2.45) is 4.99 Å². The molecule has 0 bridgehead atoms. The average molecular weight is 388 g/mol. The molecule has 0 spiro atoms. The van der Waals surface area contributed by atoms with Gasteiger partial charge in [-0.2, -0.15) is 11.8 Å². The van der Waals surface area contributed by atoms with E-state index in [1.807, 2.05) is 60.1 Å². The molecule has 0 aliphatic carbocycles. The van der Waals surface area contributed by atoms with Crippen molar-refractivity contribution in [1.82, 2.24) is 0 Å². The second kappa shape index (κ2) is 11.4. The van der Waals surface area contributed by atoms with Crippen molar-refractivity contribution in [2.45, 2.75) is 5.75 Å². The Morgan fingerprint density at radius 1 is 1.12 bits per heavy atom. The first kappa shape index (κ1) is 20.1. The summed E-state index contributed by atoms with van der Waals surface area (Å²) in [5.41, 5.74) is 4.69. The smallest absolute Gasteiger partial charge is 0.341 e. The van der Waals surface area contributed by atoms with Gasteiger partial charge in [-0.25, -0.2) is 4.79 Å². The van der Waals surface area contributed by atoms with Crippen LogP contribution in [-0.4, -0.2) is 35.2 Å². The Labute approximate surface area is 162 Å². The Bertz CT molecular complexity index is 761. The van der Waals surface area contributed by atoms with E-state index in [4.69, 9.17) is 4.74 Å². The van der Waals surface area contributed by atoms with E-state index in [9.17, 15) is 9.90 Å². The van der Waals surface area contributed by atoms with Gasteiger partial charge in [0, 0.05) is 17.3 Å². The standard InChI is InChI=1S/C20H21NO3S2/c1-24-20(23)19(13-22)18-10-6-5-7-16(18)14-25-11-12-26-15-21-17-8-3-2-4-9-17/h2-10,13,15,22H,11-12,14H2,1H3. The third-order valence-electron chi connectivity index (χ3n) is 3.48. The van der Waals surface area contributed by atoms with Crippen LogP contribution >= 0.6 is 23.5 Å². The number of aliphatic hydroxyl groups is 1. The minimum Gasteiger partial charge on any atom is -0.515 e. The molecule has 0 saturated carbocycles. The number of hydrogen-bond donors (Lipinski definition) is 1. The summed E-state index contributed by atoms with van der Waals surface area (Å²) in [5, 5.41) is 9.38. The molecule has 2 rings (SSSR count). The van der Waals surface area contributed by atoms with E-state index in [1.165, 1.54) is 7.11 Å². The molecule has 2 aromatic carbocycles. The van der Waals surface area contributed by atoms with Crippen molar-refractivity contribution in [3.8, 4) is 0 Å². The summed E-state index contributed by atoms with van der Waals surface area (Å²) < 4.78 is 4.73. The van der Waals surface area contributed by atoms with Crippen LogP contribution in [0.3, 0.4) is 0 Å². The molecule has 0 amide bonds. The first-order chi connectivity index (χ1) is 12.8. The lowest BCUT2D eigenvalue weighted by Gasteiger charge is -2.10. The van der Waals surface area contributed by atoms with Crippen molar-refractivity contribution in [3.05, 3.63) is 72.0 Å². The third kappa shape index (κ3) is 6.28. The lowest BCUT2D eigenvalue weighted by Crippen LogP contribution is -2.06. The number of nitrogens with zero attached hydrogens (tertiary/aromatic N) is 1. The molecule has 4 nitrogen and oxygen atoms in total. The topological polar surface area (TPSA) is 58.9 Å². The van der Waals surface area contributed by atoms with Crippen LogP contribution in [0, 0.1) is 0 Å². The zero-order valence-corrected chi connectivity index (χ0v) is 16.1. The third-order valence-corrected chi connectivity index (χ3v) is 5.44. The van der Waals surface area contributed by atoms with Crippen molar-refractivity contribution >= 4 is 46.3 Å². The monoisotopic (exact) mass is 387 g/mol. The number of ether oxygens (including phenoxy) is 1. The molecule has 0 aromatic heterocycles. The van der Waals surface area contributed by atoms with E-state index in [1.54, 1.807) is 23.5 Å². The molecule has 26 heavy (non-hydrogen) atoms. The number of methoxy groups -OCH3 is 1. The fraction of sp³-hybridized carbons (Fsp3) is 0.200. The fourth-order valence-electron chi connectivity index (χ4n) is 2.21. The van der Waals surface area contributed by atoms with Crippen LogP contribution in [-0.2, 0) is 15.3 Å². The van der Waals surface area contributed by atoms with Gasteiger partial charge in [0.25, 0.3) is 0 Å². The van der Waals surface area contributed by atoms with E-state index in [0.29, 0.717) is 5.56 Å². The molecule has 0 unspecified atom stereocenters. The molecule has 0 atom stereocenters. The van der Waals surface area contributed by atoms with Crippen molar-refractivity contribution in [1.29, 1.82) is 0 Å². The maximum absolute atomic E-state index is 11.8. The highest BCUT2D eigenvalue weighted by Crippen LogP contribution is 2.24. The van der Waals surface area contributed by atoms with Crippen LogP contribution in [0.2, 0.25) is 0 Å². The van der Waals surface area contributed by atoms with E-state index in [-0.39, 0.29) is 5.57 Å². The Morgan fingerprint density at radius 3 is 2.58 bits per heavy atom. The number of hydrogen-bond acceptors (Lipinski definition) is 6. The highest BCUT2D eigenvalue weighted by Gasteiger charge is 2.15. The zero-order valence-electron chi connectivity index (χ0n) is 14.5. The summed E-state index contributed by atoms with van der Waals surface area (Å²) in [6, 6.07) is 17.4. The molecule has 136 valence electrons. The number of carbonyl (C=O) groups excluding carboxylic acids is 1. The normalized spacial score (nSPS) is 11.7. The molecule has 0 aliphatic rings. The van der Waals surface area contributed by atoms with Gasteiger partial charge in [0.15, 0.2) is 0 Å². The summed E-state index contributed by atoms with van der Waals surface area (Å²) >= 11 is 3.44. The van der Waals surface area contributed by atoms with Gasteiger partial charge in [0.1, 0.15) is 5.57 Å². The van der Waals surface area contributed by atoms with Gasteiger partial charge >= 0.3 is 5.97 Å². The van der Waals surface area contributed by atoms with Crippen LogP contribution in [0.15, 0.2) is 65.9 Å². The highest BCUT2D eigenvalue weighted by atomic mass is 32.2. The molecular weight excluding hydrogens is 366 g/mol. The van der Waals surface area contributed by atoms with Crippen LogP contribution in [0.1, 0.15) is 11.1 Å². The van der Waals surface area contributed by atoms with E-state index in [2.05, 4.69) is 4.99 Å². The van der Waals surface area contributed by atoms with Gasteiger partial charge in [-0.3, -0.25) is 4.99 Å². The first-order valence-corrected chi connectivity index (χ1v) is 10.2. The molecule has 0 radical (unpaired) electrons. The highest BCUT2D eigenvalue weighted by molar-refractivity contribution is 8.12. The Morgan fingerprint density at radius 2 is 1.85 bits per heavy atom. The zero-order chi connectivity index (χ0) is 18.6. The Hall–Kier alpha value is -2.18. The number of aliphatic imine (C=N–C) groups is 1. The van der Waals surface area contributed by atoms with Crippen LogP contribution < -0.4 is 0 Å². The van der Waals surface area contributed by atoms with Gasteiger partial charge in [0.05, 0.1) is 24.6 Å². The molecule has 2 aromatic rings. The van der Waals surface area contributed by atoms with Gasteiger partial charge < -0.3 is 9.84 Å². The largest absolute Gasteiger partial charge is 0.515 e. The molecular formula is C20H21NO3S2. The predicted molar refractivity (Wildman–Crippen MR) is 112 cm³/mol. The maximum Gasteiger partial charge on any atom is 0.341 e. The maximum atomic E-state index is 11.8. The molecule has 1 N–H and O–H groups in total. The van der Waals surface area contributed by atoms with Gasteiger partial charge in [-0.05, 0) is 23.3 Å². The quantitative estimate of drug-likeness (QED) is 0.162. The van der Waals surface area contributed by atoms with E-state index < -0.39 is 5.97 Å². The van der Waals surface area contributed by atoms with Gasteiger partial charge in [-0.15, -0.1) is 11.8 Å². The summed E-state index contributed by atoms with van der Waals surface area (Å²) in [4.78, 5) is 16.2. The fourth-order valence-corrected chi connectivity index (χ4v) is 3.98. The molecule has 6 heteroatoms. The van der Waals surface area contributed by atoms with Crippen molar-refractivity contribution in [2.75, 3.05) is 18.6 Å². The Balaban J connectivity index is 1.81. The number of benzene rings is 2. The summed E-state index contributed by atoms with van der Waals surface area (Å²) in [6.45, 7) is 0. The number of carbonyl (C=O) groups is 1. The lowest BCUT2D eigenvalue weighted by atomic mass is 10.0. The van der Waals surface area contributed by atoms with Crippen molar-refractivity contribution in [3.63, 3.8) is 0 Å². The summed E-state index contributed by atoms with van der Waals surface area (Å²) in [6.07, 6.45) is 0.811. The van der Waals surface area contributed by atoms with Crippen LogP contribution in [0.25, 0.3) is 5.57 Å². The van der Waals surface area contributed by atoms with Gasteiger partial charge in [-0.1, -0.05) is 42.5 Å². The molecule has 0 saturated heterocycles. The van der Waals surface area contributed by atoms with Crippen LogP contribution in [0.4, 0.5) is 5.69 Å². The predicted octanol–water partition coefficient (Wildman–Crippen LogP) is 5.08. The van der Waals surface area contributed by atoms with Crippen LogP contribution in [0.5, 0.6) is 0 Å². The van der Waals surface area contributed by atoms with E-state index in [0.717, 1.165) is 34.8 Å². The molecule has 0 aliphatic heterocycles. The second-order valence-electron chi connectivity index (χ2n) is 5.18. The number of para-hydroxylation sites is 1. The minimum atomic E-state index is -0.544. The SMILES string of the molecule is COC(=O)C(=CO)c1ccccc1CSCCSC=Nc1ccccc1. The summed E-state index contributed by atoms with van der Waals surface area (Å²) in [7, 11) is 1.30. The van der Waals surface area contributed by atoms with Crippen molar-refractivity contribution < 1.29 is 14.6 Å². The number of aliphatic hydroxyl groups excluding tert-OH is 1. The lowest BCUT2D eigenvalue weighted by molar-refractivity contribution is -0.133. The first-order valence-electron chi connectivity index (χ1n) is 8.04. The Kier molecular flexibility index (Phi) is 8.86. The average Bonchev–Trinajstić information content (AvgIpc) is 2.69. The minimum absolute atomic E-state index is 0.174. The number of esters is 1. The molecule has 0 heterocycles.